The van der Waals surface area contributed by atoms with Gasteiger partial charge in [0, 0.05) is 18.7 Å². The van der Waals surface area contributed by atoms with Crippen LogP contribution in [0, 0.1) is 10.1 Å². The van der Waals surface area contributed by atoms with E-state index >= 15 is 0 Å². The molecular weight excluding hydrogens is 1050 g/mol. The standard InChI is InChI=1S/C50H80N6O23/c1-46(2,3)75-41(63)51-21-27-31(57)33(59)29(54-44(66)78-49(10,11)12)39(71-27)73-36-25(52-42(64)76-47(4,5)6)20-26(53-43(65)77-48(7,8)9)37(35(36)61)74-40-30(55-45(67)79-50(13,14)15)34(60)32(58)28(72-40)22-70-38(62)23-16-18-24(19-17-23)56(68)69/h16-19,25-37,39-40,57-61H,20-22H2,1-15H3,(H,51,63)(H,52,64)(H,53,65)(H,54,66)(H,55,67)/t25-,26+,27+,28+,29+,30+,31+,32+,33+,34+,35-,36+,37-,39+,40+/m0/s1. The van der Waals surface area contributed by atoms with Gasteiger partial charge < -0.3 is 99.5 Å². The number of carbonyl (C=O) groups is 6. The molecule has 3 fully saturated rings. The molecule has 1 aromatic carbocycles. The number of aliphatic hydroxyl groups excluding tert-OH is 5. The van der Waals surface area contributed by atoms with E-state index in [4.69, 9.17) is 47.4 Å². The summed E-state index contributed by atoms with van der Waals surface area (Å²) in [6.45, 7) is 22.1. The van der Waals surface area contributed by atoms with Crippen molar-refractivity contribution >= 4 is 42.1 Å². The summed E-state index contributed by atoms with van der Waals surface area (Å²) < 4.78 is 57.9. The first-order valence-corrected chi connectivity index (χ1v) is 25.5. The molecule has 0 bridgehead atoms. The molecule has 15 atom stereocenters. The van der Waals surface area contributed by atoms with Crippen molar-refractivity contribution in [1.82, 2.24) is 26.6 Å². The van der Waals surface area contributed by atoms with Crippen LogP contribution < -0.4 is 26.6 Å². The topological polar surface area (TPSA) is 399 Å². The number of ether oxygens (including phenoxy) is 10. The van der Waals surface area contributed by atoms with Crippen LogP contribution in [0.25, 0.3) is 0 Å². The fourth-order valence-electron chi connectivity index (χ4n) is 8.12. The second-order valence-corrected chi connectivity index (χ2v) is 24.1. The molecule has 0 unspecified atom stereocenters. The van der Waals surface area contributed by atoms with Gasteiger partial charge in [0.1, 0.15) is 102 Å². The number of nitro benzene ring substituents is 1. The Balaban J connectivity index is 1.86. The van der Waals surface area contributed by atoms with Gasteiger partial charge in [-0.2, -0.15) is 0 Å². The number of nitrogens with zero attached hydrogens (tertiary/aromatic N) is 1. The van der Waals surface area contributed by atoms with Crippen LogP contribution >= 0.6 is 0 Å². The maximum Gasteiger partial charge on any atom is 0.408 e. The molecule has 0 spiro atoms. The van der Waals surface area contributed by atoms with E-state index in [1.54, 1.807) is 83.1 Å². The first-order chi connectivity index (χ1) is 36.1. The van der Waals surface area contributed by atoms with Crippen molar-refractivity contribution in [2.75, 3.05) is 13.2 Å². The van der Waals surface area contributed by atoms with Crippen molar-refractivity contribution in [2.24, 2.45) is 0 Å². The fraction of sp³-hybridized carbons (Fsp3) is 0.760. The zero-order valence-corrected chi connectivity index (χ0v) is 47.1. The Morgan fingerprint density at radius 2 is 0.886 bits per heavy atom. The zero-order valence-electron chi connectivity index (χ0n) is 47.1. The average molecular weight is 1130 g/mol. The average Bonchev–Trinajstić information content (AvgIpc) is 3.27. The van der Waals surface area contributed by atoms with Gasteiger partial charge in [0.15, 0.2) is 12.6 Å². The Bertz CT molecular complexity index is 2270. The molecule has 3 aliphatic rings. The molecule has 4 rings (SSSR count). The largest absolute Gasteiger partial charge is 0.459 e. The van der Waals surface area contributed by atoms with Gasteiger partial charge in [0.05, 0.1) is 22.6 Å². The van der Waals surface area contributed by atoms with Gasteiger partial charge in [-0.15, -0.1) is 0 Å². The first kappa shape index (κ1) is 65.6. The quantitative estimate of drug-likeness (QED) is 0.0553. The highest BCUT2D eigenvalue weighted by molar-refractivity contribution is 5.89. The maximum absolute atomic E-state index is 13.7. The van der Waals surface area contributed by atoms with Gasteiger partial charge in [-0.3, -0.25) is 10.1 Å². The molecule has 29 heteroatoms. The summed E-state index contributed by atoms with van der Waals surface area (Å²) in [5.41, 5.74) is -5.87. The van der Waals surface area contributed by atoms with E-state index in [-0.39, 0.29) is 11.3 Å². The third-order valence-corrected chi connectivity index (χ3v) is 11.3. The van der Waals surface area contributed by atoms with Gasteiger partial charge in [0.2, 0.25) is 0 Å². The maximum atomic E-state index is 13.7. The number of aliphatic hydroxyl groups is 5. The van der Waals surface area contributed by atoms with Crippen LogP contribution in [-0.2, 0) is 47.4 Å². The van der Waals surface area contributed by atoms with Gasteiger partial charge in [-0.1, -0.05) is 0 Å². The summed E-state index contributed by atoms with van der Waals surface area (Å²) in [4.78, 5) is 90.6. The molecule has 2 heterocycles. The molecule has 2 saturated heterocycles. The Morgan fingerprint density at radius 1 is 0.532 bits per heavy atom. The number of rotatable bonds is 14. The number of amides is 5. The molecule has 10 N–H and O–H groups in total. The number of carbonyl (C=O) groups excluding carboxylic acids is 6. The number of nitro groups is 1. The highest BCUT2D eigenvalue weighted by Crippen LogP contribution is 2.34. The van der Waals surface area contributed by atoms with E-state index in [0.29, 0.717) is 0 Å². The van der Waals surface area contributed by atoms with Crippen LogP contribution in [0.5, 0.6) is 0 Å². The second kappa shape index (κ2) is 26.1. The third-order valence-electron chi connectivity index (χ3n) is 11.3. The molecule has 79 heavy (non-hydrogen) atoms. The summed E-state index contributed by atoms with van der Waals surface area (Å²) in [6, 6.07) is -2.19. The smallest absolute Gasteiger partial charge is 0.408 e. The first-order valence-electron chi connectivity index (χ1n) is 25.5. The minimum atomic E-state index is -2.16. The van der Waals surface area contributed by atoms with Crippen molar-refractivity contribution in [1.29, 1.82) is 0 Å². The van der Waals surface area contributed by atoms with Gasteiger partial charge >= 0.3 is 36.4 Å². The molecule has 1 aromatic rings. The van der Waals surface area contributed by atoms with Crippen molar-refractivity contribution in [2.45, 2.75) is 230 Å². The lowest BCUT2D eigenvalue weighted by Gasteiger charge is -2.50. The van der Waals surface area contributed by atoms with Crippen molar-refractivity contribution in [3.05, 3.63) is 39.9 Å². The van der Waals surface area contributed by atoms with E-state index < -0.39 is 181 Å². The van der Waals surface area contributed by atoms with Gasteiger partial charge in [-0.05, 0) is 122 Å². The number of hydrogen-bond acceptors (Lipinski definition) is 23. The Hall–Kier alpha value is -5.92. The third kappa shape index (κ3) is 20.6. The summed E-state index contributed by atoms with van der Waals surface area (Å²) in [5.74, 6) is -1.04. The summed E-state index contributed by atoms with van der Waals surface area (Å²) in [6.07, 6.45) is -26.7. The molecule has 0 radical (unpaired) electrons. The fourth-order valence-corrected chi connectivity index (χ4v) is 8.12. The molecule has 2 aliphatic heterocycles. The predicted octanol–water partition coefficient (Wildman–Crippen LogP) is 2.28. The number of hydrogen-bond donors (Lipinski definition) is 10. The molecule has 1 saturated carbocycles. The van der Waals surface area contributed by atoms with E-state index in [1.165, 1.54) is 20.8 Å². The number of esters is 1. The SMILES string of the molecule is CC(C)(C)OC(=O)NC[C@H]1O[C@H](O[C@H]2[C@H](O)[C@@H](O[C@H]3O[C@H](COC(=O)c4ccc([N+](=O)[O-])cc4)[C@@H](O)[C@H](O)[C@H]3NC(=O)OC(C)(C)C)[C@H](NC(=O)OC(C)(C)C)C[C@@H]2NC(=O)OC(C)(C)C)[C@H](NC(=O)OC(C)(C)C)[C@@H](O)[C@@H]1O. The monoisotopic (exact) mass is 1130 g/mol. The Morgan fingerprint density at radius 3 is 1.27 bits per heavy atom. The number of alkyl carbamates (subject to hydrolysis) is 5. The Labute approximate surface area is 457 Å². The number of benzene rings is 1. The van der Waals surface area contributed by atoms with Crippen LogP contribution in [0.4, 0.5) is 29.7 Å². The van der Waals surface area contributed by atoms with Crippen LogP contribution in [0.15, 0.2) is 24.3 Å². The van der Waals surface area contributed by atoms with Crippen LogP contribution in [0.3, 0.4) is 0 Å². The van der Waals surface area contributed by atoms with Crippen molar-refractivity contribution in [3.8, 4) is 0 Å². The van der Waals surface area contributed by atoms with Crippen molar-refractivity contribution in [3.63, 3.8) is 0 Å². The second-order valence-electron chi connectivity index (χ2n) is 24.1. The summed E-state index contributed by atoms with van der Waals surface area (Å²) >= 11 is 0. The van der Waals surface area contributed by atoms with E-state index in [9.17, 15) is 64.4 Å². The van der Waals surface area contributed by atoms with E-state index in [2.05, 4.69) is 26.6 Å². The highest BCUT2D eigenvalue weighted by Gasteiger charge is 2.55. The molecule has 1 aliphatic carbocycles. The van der Waals surface area contributed by atoms with Crippen LogP contribution in [0.2, 0.25) is 0 Å². The molecule has 0 aromatic heterocycles. The zero-order chi connectivity index (χ0) is 59.9. The molecule has 5 amide bonds. The van der Waals surface area contributed by atoms with Crippen LogP contribution in [-0.4, -0.2) is 200 Å². The van der Waals surface area contributed by atoms with Crippen LogP contribution in [0.1, 0.15) is 121 Å². The lowest BCUT2D eigenvalue weighted by Crippen LogP contribution is -2.71. The number of nitrogens with one attached hydrogen (secondary N) is 5. The Kier molecular flexibility index (Phi) is 21.7. The molecule has 29 nitrogen and oxygen atoms in total. The normalized spacial score (nSPS) is 29.6. The van der Waals surface area contributed by atoms with E-state index in [1.807, 2.05) is 0 Å². The minimum absolute atomic E-state index is 0.145. The highest BCUT2D eigenvalue weighted by atomic mass is 16.7. The minimum Gasteiger partial charge on any atom is -0.459 e. The van der Waals surface area contributed by atoms with E-state index in [0.717, 1.165) is 24.3 Å². The lowest BCUT2D eigenvalue weighted by atomic mass is 9.83. The predicted molar refractivity (Wildman–Crippen MR) is 272 cm³/mol. The van der Waals surface area contributed by atoms with Gasteiger partial charge in [-0.25, -0.2) is 28.8 Å². The van der Waals surface area contributed by atoms with Crippen molar-refractivity contribution < 1.29 is 107 Å². The lowest BCUT2D eigenvalue weighted by molar-refractivity contribution is -0.384. The summed E-state index contributed by atoms with van der Waals surface area (Å²) in [7, 11) is 0. The number of non-ortho nitro benzene ring substituents is 1. The van der Waals surface area contributed by atoms with Gasteiger partial charge in [0.25, 0.3) is 5.69 Å². The molecule has 448 valence electrons. The molecular formula is C50H80N6O23. The summed E-state index contributed by atoms with van der Waals surface area (Å²) in [5, 5.41) is 82.8.